The molecule has 2 aromatic rings. The summed E-state index contributed by atoms with van der Waals surface area (Å²) >= 11 is 0. The van der Waals surface area contributed by atoms with Crippen molar-refractivity contribution < 1.29 is 14.6 Å². The predicted octanol–water partition coefficient (Wildman–Crippen LogP) is 4.44. The van der Waals surface area contributed by atoms with E-state index < -0.39 is 5.97 Å². The smallest absolute Gasteiger partial charge is 0.330 e. The van der Waals surface area contributed by atoms with Crippen LogP contribution in [0, 0.1) is 0 Å². The van der Waals surface area contributed by atoms with Crippen LogP contribution in [0.1, 0.15) is 18.9 Å². The summed E-state index contributed by atoms with van der Waals surface area (Å²) in [5.41, 5.74) is 1.55. The number of carboxylic acids is 1. The number of hydrogen-bond donors (Lipinski definition) is 1. The van der Waals surface area contributed by atoms with Gasteiger partial charge < -0.3 is 9.84 Å². The normalized spacial score (nSPS) is 11.2. The van der Waals surface area contributed by atoms with Gasteiger partial charge in [0.25, 0.3) is 0 Å². The molecule has 2 rings (SSSR count). The summed E-state index contributed by atoms with van der Waals surface area (Å²) in [6.07, 6.45) is 3.28. The lowest BCUT2D eigenvalue weighted by Crippen LogP contribution is -1.96. The summed E-state index contributed by atoms with van der Waals surface area (Å²) in [6.45, 7) is 1.61. The SMILES string of the molecule is CC(=CCCc1ccc(Oc2ccccc2)cc1)C(=O)O. The fourth-order valence-corrected chi connectivity index (χ4v) is 1.89. The Morgan fingerprint density at radius 2 is 1.67 bits per heavy atom. The van der Waals surface area contributed by atoms with E-state index in [0.29, 0.717) is 5.57 Å². The predicted molar refractivity (Wildman–Crippen MR) is 82.7 cm³/mol. The quantitative estimate of drug-likeness (QED) is 0.797. The van der Waals surface area contributed by atoms with Crippen molar-refractivity contribution >= 4 is 5.97 Å². The summed E-state index contributed by atoms with van der Waals surface area (Å²) in [5.74, 6) is 0.745. The Bertz CT molecular complexity index is 613. The Morgan fingerprint density at radius 3 is 2.29 bits per heavy atom. The van der Waals surface area contributed by atoms with Gasteiger partial charge in [-0.15, -0.1) is 0 Å². The molecule has 0 aliphatic rings. The van der Waals surface area contributed by atoms with Crippen LogP contribution in [0.2, 0.25) is 0 Å². The van der Waals surface area contributed by atoms with Gasteiger partial charge in [0.1, 0.15) is 11.5 Å². The average molecular weight is 282 g/mol. The molecule has 0 radical (unpaired) electrons. The van der Waals surface area contributed by atoms with E-state index in [4.69, 9.17) is 9.84 Å². The van der Waals surface area contributed by atoms with Gasteiger partial charge in [-0.1, -0.05) is 36.4 Å². The first-order chi connectivity index (χ1) is 10.1. The standard InChI is InChI=1S/C18H18O3/c1-14(18(19)20)6-5-7-15-10-12-17(13-11-15)21-16-8-3-2-4-9-16/h2-4,6,8-13H,5,7H2,1H3,(H,19,20). The molecule has 21 heavy (non-hydrogen) atoms. The molecule has 0 saturated carbocycles. The lowest BCUT2D eigenvalue weighted by Gasteiger charge is -2.06. The Balaban J connectivity index is 1.90. The molecule has 0 heterocycles. The second kappa shape index (κ2) is 7.29. The van der Waals surface area contributed by atoms with E-state index in [1.165, 1.54) is 0 Å². The van der Waals surface area contributed by atoms with Gasteiger partial charge in [0.05, 0.1) is 0 Å². The van der Waals surface area contributed by atoms with E-state index >= 15 is 0 Å². The molecule has 0 fully saturated rings. The van der Waals surface area contributed by atoms with Gasteiger partial charge in [-0.05, 0) is 49.6 Å². The number of carbonyl (C=O) groups is 1. The molecule has 2 aromatic carbocycles. The second-order valence-electron chi connectivity index (χ2n) is 4.79. The number of benzene rings is 2. The van der Waals surface area contributed by atoms with E-state index in [0.717, 1.165) is 29.9 Å². The maximum Gasteiger partial charge on any atom is 0.330 e. The Morgan fingerprint density at radius 1 is 1.05 bits per heavy atom. The number of aliphatic carboxylic acids is 1. The van der Waals surface area contributed by atoms with Gasteiger partial charge in [0.2, 0.25) is 0 Å². The zero-order valence-electron chi connectivity index (χ0n) is 12.0. The average Bonchev–Trinajstić information content (AvgIpc) is 2.50. The van der Waals surface area contributed by atoms with Gasteiger partial charge in [0, 0.05) is 5.57 Å². The van der Waals surface area contributed by atoms with Crippen LogP contribution in [0.25, 0.3) is 0 Å². The summed E-state index contributed by atoms with van der Waals surface area (Å²) in [7, 11) is 0. The van der Waals surface area contributed by atoms with Crippen LogP contribution in [-0.2, 0) is 11.2 Å². The third-order valence-electron chi connectivity index (χ3n) is 3.12. The van der Waals surface area contributed by atoms with E-state index in [9.17, 15) is 4.79 Å². The fraction of sp³-hybridized carbons (Fsp3) is 0.167. The van der Waals surface area contributed by atoms with Gasteiger partial charge in [-0.3, -0.25) is 0 Å². The largest absolute Gasteiger partial charge is 0.478 e. The lowest BCUT2D eigenvalue weighted by atomic mass is 10.1. The zero-order chi connectivity index (χ0) is 15.1. The highest BCUT2D eigenvalue weighted by atomic mass is 16.5. The molecule has 0 aliphatic carbocycles. The van der Waals surface area contributed by atoms with Crippen LogP contribution in [0.4, 0.5) is 0 Å². The van der Waals surface area contributed by atoms with Gasteiger partial charge in [0.15, 0.2) is 0 Å². The molecule has 108 valence electrons. The number of para-hydroxylation sites is 1. The van der Waals surface area contributed by atoms with Crippen LogP contribution in [0.15, 0.2) is 66.2 Å². The van der Waals surface area contributed by atoms with E-state index in [-0.39, 0.29) is 0 Å². The number of carboxylic acid groups (broad SMARTS) is 1. The topological polar surface area (TPSA) is 46.5 Å². The van der Waals surface area contributed by atoms with E-state index in [1.54, 1.807) is 13.0 Å². The van der Waals surface area contributed by atoms with Crippen LogP contribution in [0.3, 0.4) is 0 Å². The van der Waals surface area contributed by atoms with Crippen molar-refractivity contribution in [2.45, 2.75) is 19.8 Å². The minimum atomic E-state index is -0.860. The molecule has 1 N–H and O–H groups in total. The monoisotopic (exact) mass is 282 g/mol. The highest BCUT2D eigenvalue weighted by Crippen LogP contribution is 2.21. The molecule has 0 aromatic heterocycles. The Hall–Kier alpha value is -2.55. The van der Waals surface area contributed by atoms with Crippen LogP contribution in [0.5, 0.6) is 11.5 Å². The van der Waals surface area contributed by atoms with Crippen molar-refractivity contribution in [2.24, 2.45) is 0 Å². The van der Waals surface area contributed by atoms with Crippen molar-refractivity contribution in [1.82, 2.24) is 0 Å². The van der Waals surface area contributed by atoms with E-state index in [2.05, 4.69) is 0 Å². The summed E-state index contributed by atoms with van der Waals surface area (Å²) < 4.78 is 5.72. The van der Waals surface area contributed by atoms with Gasteiger partial charge in [-0.2, -0.15) is 0 Å². The molecule has 0 saturated heterocycles. The highest BCUT2D eigenvalue weighted by Gasteiger charge is 2.00. The number of hydrogen-bond acceptors (Lipinski definition) is 2. The molecule has 0 amide bonds. The molecule has 0 unspecified atom stereocenters. The second-order valence-corrected chi connectivity index (χ2v) is 4.79. The van der Waals surface area contributed by atoms with Crippen molar-refractivity contribution in [2.75, 3.05) is 0 Å². The molecule has 3 nitrogen and oxygen atoms in total. The fourth-order valence-electron chi connectivity index (χ4n) is 1.89. The number of ether oxygens (including phenoxy) is 1. The Labute approximate surface area is 124 Å². The molecule has 3 heteroatoms. The van der Waals surface area contributed by atoms with Crippen molar-refractivity contribution in [1.29, 1.82) is 0 Å². The zero-order valence-corrected chi connectivity index (χ0v) is 12.0. The number of allylic oxidation sites excluding steroid dienone is 1. The minimum absolute atomic E-state index is 0.388. The van der Waals surface area contributed by atoms with Gasteiger partial charge >= 0.3 is 5.97 Å². The molecule has 0 bridgehead atoms. The third kappa shape index (κ3) is 4.80. The first kappa shape index (κ1) is 14.9. The van der Waals surface area contributed by atoms with Crippen molar-refractivity contribution in [3.63, 3.8) is 0 Å². The number of rotatable bonds is 6. The molecular formula is C18H18O3. The van der Waals surface area contributed by atoms with Crippen molar-refractivity contribution in [3.8, 4) is 11.5 Å². The highest BCUT2D eigenvalue weighted by molar-refractivity contribution is 5.85. The Kier molecular flexibility index (Phi) is 5.16. The summed E-state index contributed by atoms with van der Waals surface area (Å²) in [5, 5.41) is 8.77. The van der Waals surface area contributed by atoms with Crippen LogP contribution >= 0.6 is 0 Å². The van der Waals surface area contributed by atoms with Crippen LogP contribution < -0.4 is 4.74 Å². The molecule has 0 atom stereocenters. The number of aryl methyl sites for hydroxylation is 1. The van der Waals surface area contributed by atoms with Crippen molar-refractivity contribution in [3.05, 3.63) is 71.8 Å². The minimum Gasteiger partial charge on any atom is -0.478 e. The molecular weight excluding hydrogens is 264 g/mol. The van der Waals surface area contributed by atoms with Crippen LogP contribution in [-0.4, -0.2) is 11.1 Å². The lowest BCUT2D eigenvalue weighted by molar-refractivity contribution is -0.132. The summed E-state index contributed by atoms with van der Waals surface area (Å²) in [4.78, 5) is 10.7. The van der Waals surface area contributed by atoms with Gasteiger partial charge in [-0.25, -0.2) is 4.79 Å². The third-order valence-corrected chi connectivity index (χ3v) is 3.12. The summed E-state index contributed by atoms with van der Waals surface area (Å²) in [6, 6.07) is 17.5. The first-order valence-electron chi connectivity index (χ1n) is 6.87. The maximum absolute atomic E-state index is 10.7. The molecule has 0 aliphatic heterocycles. The molecule has 0 spiro atoms. The van der Waals surface area contributed by atoms with E-state index in [1.807, 2.05) is 54.6 Å². The first-order valence-corrected chi connectivity index (χ1v) is 6.87. The maximum atomic E-state index is 10.7.